The van der Waals surface area contributed by atoms with Crippen LogP contribution in [0.4, 0.5) is 5.82 Å². The number of hydrogen-bond donors (Lipinski definition) is 1. The van der Waals surface area contributed by atoms with E-state index in [0.717, 1.165) is 37.6 Å². The molecule has 1 aromatic rings. The standard InChI is InChI=1S/C15H28N4O/c1-6-9-20-15-11-13(16-7-8-19(4)5)17-14(18-15)10-12(2)3/h11-12H,6-10H2,1-5H3,(H,16,17,18). The number of nitrogens with one attached hydrogen (secondary N) is 1. The summed E-state index contributed by atoms with van der Waals surface area (Å²) in [6.07, 6.45) is 1.85. The third kappa shape index (κ3) is 6.70. The second kappa shape index (κ2) is 8.74. The fourth-order valence-electron chi connectivity index (χ4n) is 1.71. The number of ether oxygens (including phenoxy) is 1. The molecule has 0 bridgehead atoms. The number of likely N-dealkylation sites (N-methyl/N-ethyl adjacent to an activating group) is 1. The van der Waals surface area contributed by atoms with Gasteiger partial charge in [-0.2, -0.15) is 4.98 Å². The minimum absolute atomic E-state index is 0.533. The fourth-order valence-corrected chi connectivity index (χ4v) is 1.71. The molecule has 0 saturated carbocycles. The molecule has 1 rings (SSSR count). The summed E-state index contributed by atoms with van der Waals surface area (Å²) in [5.74, 6) is 2.90. The zero-order valence-electron chi connectivity index (χ0n) is 13.4. The summed E-state index contributed by atoms with van der Waals surface area (Å²) in [5, 5.41) is 3.33. The Balaban J connectivity index is 2.74. The molecule has 1 N–H and O–H groups in total. The fraction of sp³-hybridized carbons (Fsp3) is 0.733. The Kier molecular flexibility index (Phi) is 7.30. The van der Waals surface area contributed by atoms with E-state index in [9.17, 15) is 0 Å². The van der Waals surface area contributed by atoms with Gasteiger partial charge in [-0.15, -0.1) is 0 Å². The predicted molar refractivity (Wildman–Crippen MR) is 83.4 cm³/mol. The average Bonchev–Trinajstić information content (AvgIpc) is 2.35. The number of aromatic nitrogens is 2. The van der Waals surface area contributed by atoms with Gasteiger partial charge in [0.2, 0.25) is 5.88 Å². The molecule has 114 valence electrons. The third-order valence-corrected chi connectivity index (χ3v) is 2.66. The van der Waals surface area contributed by atoms with Gasteiger partial charge in [0.15, 0.2) is 0 Å². The van der Waals surface area contributed by atoms with Crippen molar-refractivity contribution in [3.63, 3.8) is 0 Å². The van der Waals surface area contributed by atoms with Crippen LogP contribution in [0.25, 0.3) is 0 Å². The van der Waals surface area contributed by atoms with Crippen molar-refractivity contribution in [2.45, 2.75) is 33.6 Å². The molecule has 0 amide bonds. The van der Waals surface area contributed by atoms with E-state index in [2.05, 4.69) is 55.1 Å². The second-order valence-corrected chi connectivity index (χ2v) is 5.68. The lowest BCUT2D eigenvalue weighted by Crippen LogP contribution is -2.21. The van der Waals surface area contributed by atoms with E-state index in [4.69, 9.17) is 4.74 Å². The molecule has 0 saturated heterocycles. The molecule has 5 nitrogen and oxygen atoms in total. The molecule has 0 fully saturated rings. The Hall–Kier alpha value is -1.36. The SMILES string of the molecule is CCCOc1cc(NCCN(C)C)nc(CC(C)C)n1. The molecule has 0 aliphatic rings. The van der Waals surface area contributed by atoms with Gasteiger partial charge in [-0.05, 0) is 26.4 Å². The smallest absolute Gasteiger partial charge is 0.218 e. The summed E-state index contributed by atoms with van der Waals surface area (Å²) in [7, 11) is 4.11. The molecule has 0 aromatic carbocycles. The molecule has 0 unspecified atom stereocenters. The summed E-state index contributed by atoms with van der Waals surface area (Å²) >= 11 is 0. The zero-order valence-corrected chi connectivity index (χ0v) is 13.4. The van der Waals surface area contributed by atoms with Gasteiger partial charge in [0, 0.05) is 25.6 Å². The Labute approximate surface area is 122 Å². The molecular formula is C15H28N4O. The van der Waals surface area contributed by atoms with Crippen LogP contribution in [-0.2, 0) is 6.42 Å². The van der Waals surface area contributed by atoms with Crippen molar-refractivity contribution in [2.75, 3.05) is 39.1 Å². The van der Waals surface area contributed by atoms with Gasteiger partial charge in [-0.1, -0.05) is 20.8 Å². The minimum atomic E-state index is 0.533. The van der Waals surface area contributed by atoms with E-state index in [1.165, 1.54) is 0 Å². The first-order valence-electron chi connectivity index (χ1n) is 7.40. The van der Waals surface area contributed by atoms with E-state index in [1.807, 2.05) is 6.07 Å². The molecule has 1 aromatic heterocycles. The molecule has 0 aliphatic carbocycles. The molecule has 1 heterocycles. The molecular weight excluding hydrogens is 252 g/mol. The van der Waals surface area contributed by atoms with Crippen LogP contribution >= 0.6 is 0 Å². The van der Waals surface area contributed by atoms with E-state index in [-0.39, 0.29) is 0 Å². The van der Waals surface area contributed by atoms with Gasteiger partial charge in [0.1, 0.15) is 11.6 Å². The maximum atomic E-state index is 5.64. The van der Waals surface area contributed by atoms with Crippen molar-refractivity contribution < 1.29 is 4.74 Å². The highest BCUT2D eigenvalue weighted by molar-refractivity contribution is 5.38. The molecule has 0 aliphatic heterocycles. The Morgan fingerprint density at radius 2 is 2.05 bits per heavy atom. The Morgan fingerprint density at radius 3 is 2.65 bits per heavy atom. The number of anilines is 1. The van der Waals surface area contributed by atoms with Crippen molar-refractivity contribution in [1.29, 1.82) is 0 Å². The van der Waals surface area contributed by atoms with Crippen molar-refractivity contribution in [1.82, 2.24) is 14.9 Å². The lowest BCUT2D eigenvalue weighted by molar-refractivity contribution is 0.303. The van der Waals surface area contributed by atoms with Gasteiger partial charge in [-0.25, -0.2) is 4.98 Å². The van der Waals surface area contributed by atoms with Gasteiger partial charge in [-0.3, -0.25) is 0 Å². The van der Waals surface area contributed by atoms with Gasteiger partial charge < -0.3 is 15.0 Å². The van der Waals surface area contributed by atoms with Gasteiger partial charge in [0.05, 0.1) is 6.61 Å². The van der Waals surface area contributed by atoms with Crippen LogP contribution in [0.2, 0.25) is 0 Å². The maximum Gasteiger partial charge on any atom is 0.218 e. The lowest BCUT2D eigenvalue weighted by atomic mass is 10.1. The van der Waals surface area contributed by atoms with Crippen molar-refractivity contribution in [3.8, 4) is 5.88 Å². The first kappa shape index (κ1) is 16.7. The van der Waals surface area contributed by atoms with Crippen LogP contribution in [0.1, 0.15) is 33.0 Å². The van der Waals surface area contributed by atoms with E-state index in [0.29, 0.717) is 18.4 Å². The quantitative estimate of drug-likeness (QED) is 0.753. The Bertz CT molecular complexity index is 393. The van der Waals surface area contributed by atoms with Gasteiger partial charge >= 0.3 is 0 Å². The van der Waals surface area contributed by atoms with Crippen LogP contribution in [-0.4, -0.2) is 48.7 Å². The predicted octanol–water partition coefficient (Wildman–Crippen LogP) is 2.44. The van der Waals surface area contributed by atoms with Crippen molar-refractivity contribution >= 4 is 5.82 Å². The van der Waals surface area contributed by atoms with Crippen LogP contribution < -0.4 is 10.1 Å². The van der Waals surface area contributed by atoms with Crippen LogP contribution in [0.5, 0.6) is 5.88 Å². The van der Waals surface area contributed by atoms with Crippen LogP contribution in [0.15, 0.2) is 6.07 Å². The second-order valence-electron chi connectivity index (χ2n) is 5.68. The number of nitrogens with zero attached hydrogens (tertiary/aromatic N) is 3. The topological polar surface area (TPSA) is 50.3 Å². The average molecular weight is 280 g/mol. The van der Waals surface area contributed by atoms with Crippen LogP contribution in [0.3, 0.4) is 0 Å². The highest BCUT2D eigenvalue weighted by atomic mass is 16.5. The largest absolute Gasteiger partial charge is 0.478 e. The molecule has 0 spiro atoms. The maximum absolute atomic E-state index is 5.64. The summed E-state index contributed by atoms with van der Waals surface area (Å²) < 4.78 is 5.64. The van der Waals surface area contributed by atoms with Crippen molar-refractivity contribution in [3.05, 3.63) is 11.9 Å². The third-order valence-electron chi connectivity index (χ3n) is 2.66. The highest BCUT2D eigenvalue weighted by Gasteiger charge is 2.07. The molecule has 5 heteroatoms. The first-order chi connectivity index (χ1) is 9.51. The van der Waals surface area contributed by atoms with E-state index in [1.54, 1.807) is 0 Å². The normalized spacial score (nSPS) is 11.2. The minimum Gasteiger partial charge on any atom is -0.478 e. The highest BCUT2D eigenvalue weighted by Crippen LogP contribution is 2.15. The summed E-state index contributed by atoms with van der Waals surface area (Å²) in [6.45, 7) is 8.94. The number of hydrogen-bond acceptors (Lipinski definition) is 5. The summed E-state index contributed by atoms with van der Waals surface area (Å²) in [5.41, 5.74) is 0. The van der Waals surface area contributed by atoms with E-state index >= 15 is 0 Å². The Morgan fingerprint density at radius 1 is 1.30 bits per heavy atom. The summed E-state index contributed by atoms with van der Waals surface area (Å²) in [4.78, 5) is 11.2. The number of rotatable bonds is 9. The lowest BCUT2D eigenvalue weighted by Gasteiger charge is -2.13. The monoisotopic (exact) mass is 280 g/mol. The zero-order chi connectivity index (χ0) is 15.0. The van der Waals surface area contributed by atoms with E-state index < -0.39 is 0 Å². The first-order valence-corrected chi connectivity index (χ1v) is 7.40. The molecule has 20 heavy (non-hydrogen) atoms. The van der Waals surface area contributed by atoms with Gasteiger partial charge in [0.25, 0.3) is 0 Å². The molecule has 0 radical (unpaired) electrons. The summed E-state index contributed by atoms with van der Waals surface area (Å²) in [6, 6.07) is 1.88. The molecule has 0 atom stereocenters. The van der Waals surface area contributed by atoms with Crippen molar-refractivity contribution in [2.24, 2.45) is 5.92 Å². The van der Waals surface area contributed by atoms with Crippen LogP contribution in [0, 0.1) is 5.92 Å².